The fourth-order valence-corrected chi connectivity index (χ4v) is 10.5. The van der Waals surface area contributed by atoms with Crippen molar-refractivity contribution in [3.05, 3.63) is 241 Å². The summed E-state index contributed by atoms with van der Waals surface area (Å²) in [5, 5.41) is 0. The number of hydrogen-bond acceptors (Lipinski definition) is 4. The minimum Gasteiger partial charge on any atom is -0.494 e. The van der Waals surface area contributed by atoms with Crippen LogP contribution in [0.25, 0.3) is 22.3 Å². The van der Waals surface area contributed by atoms with E-state index in [-0.39, 0.29) is 21.1 Å². The molecule has 0 unspecified atom stereocenters. The maximum absolute atomic E-state index is 4.08. The summed E-state index contributed by atoms with van der Waals surface area (Å²) in [6.07, 6.45) is 0. The molecule has 3 aliphatic heterocycles. The van der Waals surface area contributed by atoms with Crippen LogP contribution in [-0.4, -0.2) is 0 Å². The second-order valence-electron chi connectivity index (χ2n) is 15.2. The molecule has 0 amide bonds. The van der Waals surface area contributed by atoms with Gasteiger partial charge in [0.25, 0.3) is 0 Å². The van der Waals surface area contributed by atoms with E-state index < -0.39 is 11.1 Å². The van der Waals surface area contributed by atoms with Gasteiger partial charge in [0, 0.05) is 39.3 Å². The van der Waals surface area contributed by atoms with Gasteiger partial charge in [-0.3, -0.25) is 0 Å². The number of anilines is 6. The largest absolute Gasteiger partial charge is 4.00 e. The Balaban J connectivity index is 0.00000356. The van der Waals surface area contributed by atoms with Gasteiger partial charge < -0.3 is 19.6 Å². The van der Waals surface area contributed by atoms with E-state index >= 15 is 0 Å². The molecule has 0 N–H and O–H groups in total. The molecular formula is C52H32N4Pt. The molecule has 0 atom stereocenters. The number of para-hydroxylation sites is 4. The summed E-state index contributed by atoms with van der Waals surface area (Å²) >= 11 is 0. The van der Waals surface area contributed by atoms with E-state index in [9.17, 15) is 0 Å². The van der Waals surface area contributed by atoms with Crippen LogP contribution >= 0.6 is 0 Å². The minimum absolute atomic E-state index is 0. The van der Waals surface area contributed by atoms with Crippen molar-refractivity contribution in [3.8, 4) is 22.3 Å². The summed E-state index contributed by atoms with van der Waals surface area (Å²) in [6.45, 7) is 4.64. The average Bonchev–Trinajstić information content (AvgIpc) is 4.01. The van der Waals surface area contributed by atoms with E-state index in [1.54, 1.807) is 0 Å². The summed E-state index contributed by atoms with van der Waals surface area (Å²) in [7, 11) is 0. The number of benzene rings is 8. The maximum Gasteiger partial charge on any atom is 4.00 e. The Morgan fingerprint density at radius 1 is 0.351 bits per heavy atom. The van der Waals surface area contributed by atoms with E-state index in [0.29, 0.717) is 0 Å². The van der Waals surface area contributed by atoms with Crippen LogP contribution < -0.4 is 19.6 Å². The van der Waals surface area contributed by atoms with Gasteiger partial charge in [0.2, 0.25) is 0 Å². The van der Waals surface area contributed by atoms with Crippen LogP contribution in [0.1, 0.15) is 33.4 Å². The normalized spacial score (nSPS) is 16.3. The van der Waals surface area contributed by atoms with Crippen LogP contribution in [0.3, 0.4) is 0 Å². The second kappa shape index (κ2) is 11.8. The summed E-state index contributed by atoms with van der Waals surface area (Å²) < 4.78 is 0. The fourth-order valence-electron chi connectivity index (χ4n) is 10.5. The maximum atomic E-state index is 4.08. The summed E-state index contributed by atoms with van der Waals surface area (Å²) in [5.41, 5.74) is 17.0. The van der Waals surface area contributed by atoms with Gasteiger partial charge in [0.1, 0.15) is 5.66 Å². The SMILES string of the molecule is [Pt+4].[c-]1c2cccc1C1(c3[c-]c(ccc3)N3[CH-]N(c4ccccc43)C3(c4ccccc4-c4ccccc43)N3[CH-]N2c2ccccc23)c2ccccc2-c2ccccc21. The molecule has 2 spiro atoms. The van der Waals surface area contributed by atoms with Crippen molar-refractivity contribution in [1.29, 1.82) is 0 Å². The molecule has 0 saturated heterocycles. The van der Waals surface area contributed by atoms with Crippen LogP contribution in [0.2, 0.25) is 0 Å². The summed E-state index contributed by atoms with van der Waals surface area (Å²) in [6, 6.07) is 74.8. The van der Waals surface area contributed by atoms with Gasteiger partial charge in [-0.1, -0.05) is 121 Å². The minimum atomic E-state index is -0.785. The number of hydrogen-bond donors (Lipinski definition) is 0. The molecule has 5 aliphatic rings. The first kappa shape index (κ1) is 32.8. The second-order valence-corrected chi connectivity index (χ2v) is 15.2. The molecule has 2 aliphatic carbocycles. The Kier molecular flexibility index (Phi) is 6.82. The molecule has 270 valence electrons. The van der Waals surface area contributed by atoms with Gasteiger partial charge in [-0.05, 0) is 57.6 Å². The van der Waals surface area contributed by atoms with E-state index in [0.717, 1.165) is 45.3 Å². The quantitative estimate of drug-likeness (QED) is 0.141. The molecule has 57 heavy (non-hydrogen) atoms. The standard InChI is InChI=1S/C52H32N4.Pt/c1-5-23-43-39(19-1)40-20-2-6-24-44(40)51(43)35-15-13-17-37(31-35)53-33-55(49-29-11-9-27-47(49)53)52(45-25-7-3-21-41(45)42-22-4-8-26-46(42)52)56-34-54(38-18-14-16-36(51)32-38)48-28-10-12-30-50(48)56;/h1-30,33-34H;/q-4;+4. The average molecular weight is 908 g/mol. The zero-order valence-corrected chi connectivity index (χ0v) is 32.9. The van der Waals surface area contributed by atoms with Gasteiger partial charge in [-0.2, -0.15) is 48.5 Å². The van der Waals surface area contributed by atoms with Crippen molar-refractivity contribution in [2.75, 3.05) is 19.6 Å². The molecule has 4 nitrogen and oxygen atoms in total. The molecule has 3 heterocycles. The summed E-state index contributed by atoms with van der Waals surface area (Å²) in [4.78, 5) is 9.70. The molecule has 8 bridgehead atoms. The van der Waals surface area contributed by atoms with Crippen molar-refractivity contribution in [2.45, 2.75) is 11.1 Å². The van der Waals surface area contributed by atoms with E-state index in [1.165, 1.54) is 44.5 Å². The Bertz CT molecular complexity index is 2750. The van der Waals surface area contributed by atoms with Crippen LogP contribution in [0.15, 0.2) is 182 Å². The topological polar surface area (TPSA) is 13.0 Å². The third-order valence-corrected chi connectivity index (χ3v) is 12.7. The molecule has 5 heteroatoms. The van der Waals surface area contributed by atoms with Crippen molar-refractivity contribution >= 4 is 34.1 Å². The number of nitrogens with zero attached hydrogens (tertiary/aromatic N) is 4. The Hall–Kier alpha value is -6.35. The van der Waals surface area contributed by atoms with Crippen LogP contribution in [-0.2, 0) is 32.1 Å². The van der Waals surface area contributed by atoms with Crippen LogP contribution in [0, 0.1) is 25.5 Å². The smallest absolute Gasteiger partial charge is 0.494 e. The van der Waals surface area contributed by atoms with Gasteiger partial charge >= 0.3 is 21.1 Å². The van der Waals surface area contributed by atoms with E-state index in [2.05, 4.69) is 227 Å². The van der Waals surface area contributed by atoms with Crippen molar-refractivity contribution in [2.24, 2.45) is 0 Å². The van der Waals surface area contributed by atoms with Crippen molar-refractivity contribution < 1.29 is 21.1 Å². The molecule has 0 aromatic heterocycles. The van der Waals surface area contributed by atoms with Crippen molar-refractivity contribution in [3.63, 3.8) is 0 Å². The molecular weight excluding hydrogens is 876 g/mol. The van der Waals surface area contributed by atoms with Crippen LogP contribution in [0.4, 0.5) is 34.1 Å². The molecule has 0 saturated carbocycles. The third kappa shape index (κ3) is 4.01. The van der Waals surface area contributed by atoms with Crippen LogP contribution in [0.5, 0.6) is 0 Å². The first-order chi connectivity index (χ1) is 27.8. The Morgan fingerprint density at radius 3 is 1.14 bits per heavy atom. The first-order valence-corrected chi connectivity index (χ1v) is 19.3. The summed E-state index contributed by atoms with van der Waals surface area (Å²) in [5.74, 6) is 0. The molecule has 8 aromatic carbocycles. The monoisotopic (exact) mass is 907 g/mol. The molecule has 8 aromatic rings. The first-order valence-electron chi connectivity index (χ1n) is 19.3. The zero-order valence-electron chi connectivity index (χ0n) is 30.6. The van der Waals surface area contributed by atoms with E-state index in [4.69, 9.17) is 0 Å². The number of fused-ring (bicyclic) bond motifs is 30. The van der Waals surface area contributed by atoms with Gasteiger partial charge in [0.05, 0.1) is 0 Å². The van der Waals surface area contributed by atoms with Gasteiger partial charge in [-0.25, -0.2) is 0 Å². The predicted molar refractivity (Wildman–Crippen MR) is 225 cm³/mol. The Morgan fingerprint density at radius 2 is 0.702 bits per heavy atom. The predicted octanol–water partition coefficient (Wildman–Crippen LogP) is 11.7. The van der Waals surface area contributed by atoms with E-state index in [1.807, 2.05) is 0 Å². The molecule has 13 rings (SSSR count). The zero-order chi connectivity index (χ0) is 36.6. The van der Waals surface area contributed by atoms with Crippen molar-refractivity contribution in [1.82, 2.24) is 0 Å². The molecule has 0 radical (unpaired) electrons. The van der Waals surface area contributed by atoms with Gasteiger partial charge in [0.15, 0.2) is 0 Å². The third-order valence-electron chi connectivity index (χ3n) is 12.7. The fraction of sp³-hybridized carbons (Fsp3) is 0.0385. The molecule has 0 fully saturated rings. The Labute approximate surface area is 347 Å². The number of rotatable bonds is 0. The van der Waals surface area contributed by atoms with Gasteiger partial charge in [-0.15, -0.1) is 35.8 Å².